The van der Waals surface area contributed by atoms with Gasteiger partial charge in [-0.15, -0.1) is 99.2 Å². The van der Waals surface area contributed by atoms with E-state index in [0.717, 1.165) is 199 Å². The van der Waals surface area contributed by atoms with Crippen molar-refractivity contribution in [2.24, 2.45) is 0 Å². The van der Waals surface area contributed by atoms with Crippen LogP contribution in [0.4, 0.5) is 17.2 Å². The van der Waals surface area contributed by atoms with E-state index in [-0.39, 0.29) is 63.2 Å². The molecule has 30 rings (SSSR count). The first-order valence-electron chi connectivity index (χ1n) is 49.3. The predicted octanol–water partition coefficient (Wildman–Crippen LogP) is 28.6. The van der Waals surface area contributed by atoms with Gasteiger partial charge in [0.15, 0.2) is 0 Å². The molecule has 11 heterocycles. The van der Waals surface area contributed by atoms with E-state index in [1.54, 1.807) is 6.20 Å². The molecular weight excluding hydrogens is 2390 g/mol. The minimum absolute atomic E-state index is 0. The molecule has 19 aromatic carbocycles. The molecule has 0 radical (unpaired) electrons. The van der Waals surface area contributed by atoms with Crippen LogP contribution in [0.5, 0.6) is 11.5 Å². The summed E-state index contributed by atoms with van der Waals surface area (Å²) in [5, 5.41) is 19.2. The zero-order chi connectivity index (χ0) is 97.0. The third-order valence-electron chi connectivity index (χ3n) is 28.9. The Morgan fingerprint density at radius 1 is 0.247 bits per heavy atom. The molecule has 0 aliphatic carbocycles. The first kappa shape index (κ1) is 93.6. The Morgan fingerprint density at radius 2 is 0.600 bits per heavy atom. The second-order valence-electron chi connectivity index (χ2n) is 36.9. The third-order valence-corrected chi connectivity index (χ3v) is 33.5. The van der Waals surface area contributed by atoms with Crippen LogP contribution in [0.25, 0.3) is 170 Å². The molecule has 0 unspecified atom stereocenters. The number of aromatic nitrogens is 11. The maximum atomic E-state index is 6.39. The van der Waals surface area contributed by atoms with Gasteiger partial charge in [0.05, 0.1) is 50.0 Å². The number of nitrogens with zero attached hydrogens (tertiary/aromatic N) is 12. The van der Waals surface area contributed by atoms with E-state index in [1.165, 1.54) is 31.9 Å². The summed E-state index contributed by atoms with van der Waals surface area (Å²) in [6, 6.07) is 191. The van der Waals surface area contributed by atoms with E-state index in [9.17, 15) is 0 Å². The topological polar surface area (TPSA) is 113 Å². The molecule has 0 bridgehead atoms. The van der Waals surface area contributed by atoms with Crippen molar-refractivity contribution in [1.29, 1.82) is 0 Å². The molecule has 0 fully saturated rings. The van der Waals surface area contributed by atoms with Gasteiger partial charge < -0.3 is 32.0 Å². The maximum Gasteiger partial charge on any atom is 2.00 e. The van der Waals surface area contributed by atoms with Gasteiger partial charge >= 0.3 is 63.2 Å². The molecule has 0 aliphatic heterocycles. The van der Waals surface area contributed by atoms with Crippen LogP contribution in [0.15, 0.2) is 498 Å². The smallest absolute Gasteiger partial charge is 0.503 e. The van der Waals surface area contributed by atoms with Crippen LogP contribution in [-0.4, -0.2) is 60.3 Å². The van der Waals surface area contributed by atoms with Gasteiger partial charge in [-0.1, -0.05) is 335 Å². The Balaban J connectivity index is 0.000000116. The monoisotopic (exact) mass is 2480 g/mol. The number of hydrogen-bond acceptors (Lipinski definition) is 8. The quantitative estimate of drug-likeness (QED) is 0.0432. The Hall–Kier alpha value is -17.5. The van der Waals surface area contributed by atoms with Crippen molar-refractivity contribution in [3.63, 3.8) is 0 Å². The summed E-state index contributed by atoms with van der Waals surface area (Å²) < 4.78 is 17.7. The summed E-state index contributed by atoms with van der Waals surface area (Å²) in [6.45, 7) is 0. The molecule has 30 aromatic rings. The van der Waals surface area contributed by atoms with Gasteiger partial charge in [0.25, 0.3) is 0 Å². The van der Waals surface area contributed by atoms with Crippen LogP contribution in [0.3, 0.4) is 0 Å². The van der Waals surface area contributed by atoms with Gasteiger partial charge in [-0.2, -0.15) is 47.7 Å². The van der Waals surface area contributed by atoms with Gasteiger partial charge in [-0.25, -0.2) is 15.0 Å². The van der Waals surface area contributed by atoms with Gasteiger partial charge in [0.1, 0.15) is 25.5 Å². The standard InChI is InChI=1S/C49H30N4.C48H30N4Si.C36H22N4O.3Pt/c1-3-15-33(16-4-1)49(34-17-5-2-6-18-34,36-27-29-40-39-20-8-10-22-43(39)52(46(40)32-36)47-25-13-14-30-50-47)35-26-28-37-38-19-7-11-23-44(38)53-45-24-12-9-21-42(45)51-48(53)41(37)31-35;1-3-15-33(16-4-1)53(34-17-5-2-6-18-34,36-27-29-40-39-20-8-10-22-43(39)51(46(40)32-36)47-25-13-14-30-49-47)35-26-28-37-38-19-7-11-23-44(38)52-45-24-12-9-21-42(45)50-48(52)41(37)31-35;1-2-11-25(12-3-1)39(35-19-8-9-22-37-35)26-13-10-14-27(23-26)41-28-20-21-29-30-15-4-6-17-33(30)40-34-18-7-5-16-32(34)38-36(40)31(29)24-28;;;/h2*1-30H;1-22H;;;/q3*-2;3*+2. The zero-order valence-electron chi connectivity index (χ0n) is 80.1. The van der Waals surface area contributed by atoms with Crippen LogP contribution >= 0.6 is 0 Å². The number of hydrogen-bond donors (Lipinski definition) is 0. The minimum Gasteiger partial charge on any atom is -0.503 e. The first-order valence-corrected chi connectivity index (χ1v) is 51.3. The number of ether oxygens (including phenoxy) is 1. The number of pyridine rings is 6. The van der Waals surface area contributed by atoms with Crippen molar-refractivity contribution in [2.45, 2.75) is 5.41 Å². The molecule has 0 spiro atoms. The number of rotatable bonds is 15. The van der Waals surface area contributed by atoms with Crippen molar-refractivity contribution in [1.82, 2.24) is 52.2 Å². The Bertz CT molecular complexity index is 9850. The number of imidazole rings is 3. The molecule has 0 saturated heterocycles. The van der Waals surface area contributed by atoms with Crippen LogP contribution in [0.2, 0.25) is 0 Å². The second-order valence-corrected chi connectivity index (χ2v) is 40.7. The molecular formula is C133H82N12OPt3Si. The fourth-order valence-electron chi connectivity index (χ4n) is 22.7. The molecule has 0 atom stereocenters. The Morgan fingerprint density at radius 3 is 1.07 bits per heavy atom. The van der Waals surface area contributed by atoms with Crippen LogP contribution in [0, 0.1) is 36.4 Å². The fourth-order valence-corrected chi connectivity index (χ4v) is 27.2. The summed E-state index contributed by atoms with van der Waals surface area (Å²) in [4.78, 5) is 31.8. The van der Waals surface area contributed by atoms with Crippen LogP contribution < -0.4 is 30.4 Å². The average molecular weight is 2480 g/mol. The first-order chi connectivity index (χ1) is 72.9. The molecule has 714 valence electrons. The zero-order valence-corrected chi connectivity index (χ0v) is 87.9. The summed E-state index contributed by atoms with van der Waals surface area (Å²) in [5.74, 6) is 3.70. The Labute approximate surface area is 906 Å². The normalized spacial score (nSPS) is 11.7. The van der Waals surface area contributed by atoms with Crippen molar-refractivity contribution in [3.8, 4) is 23.1 Å². The molecule has 0 amide bonds. The SMILES string of the molecule is [Pt+2].[Pt+2].[Pt+2].[c-]1c(C(c2[c-]c3c(cc2)c2ccccc2n3-c2ccccn2)(c2ccccc2)c2ccccc2)ccc2c1c1nc3ccccc3n1c1ccccc21.[c-]1c(Oc2[c-]c3c(cc2)c2ccccc2n2c4ccccc4nc32)cccc1N(c1ccccc1)c1ccccn1.[c-]1c([Si](c2[c-]c3c(cc2)c2ccccc2n3-c2ccccn2)(c2ccccc2)c2ccccc2)ccc2c1c1nc3ccccc3n1c1ccccc21. The Kier molecular flexibility index (Phi) is 24.4. The van der Waals surface area contributed by atoms with Crippen molar-refractivity contribution in [3.05, 3.63) is 556 Å². The van der Waals surface area contributed by atoms with Gasteiger partial charge in [0, 0.05) is 68.8 Å². The molecule has 17 heteroatoms. The predicted molar refractivity (Wildman–Crippen MR) is 601 cm³/mol. The van der Waals surface area contributed by atoms with Crippen molar-refractivity contribution < 1.29 is 67.9 Å². The minimum atomic E-state index is -3.08. The summed E-state index contributed by atoms with van der Waals surface area (Å²) >= 11 is 0. The van der Waals surface area contributed by atoms with Gasteiger partial charge in [0.2, 0.25) is 0 Å². The van der Waals surface area contributed by atoms with Gasteiger partial charge in [-0.3, -0.25) is 15.0 Å². The summed E-state index contributed by atoms with van der Waals surface area (Å²) in [6.07, 6.45) is 5.51. The summed E-state index contributed by atoms with van der Waals surface area (Å²) in [7, 11) is -3.08. The largest absolute Gasteiger partial charge is 2.00 e. The van der Waals surface area contributed by atoms with Crippen molar-refractivity contribution in [2.75, 3.05) is 4.90 Å². The van der Waals surface area contributed by atoms with E-state index >= 15 is 0 Å². The van der Waals surface area contributed by atoms with E-state index in [2.05, 4.69) is 445 Å². The maximum absolute atomic E-state index is 6.39. The van der Waals surface area contributed by atoms with Crippen molar-refractivity contribution >= 4 is 205 Å². The molecule has 0 aliphatic rings. The molecule has 150 heavy (non-hydrogen) atoms. The van der Waals surface area contributed by atoms with E-state index < -0.39 is 13.5 Å². The molecule has 0 saturated carbocycles. The average Bonchev–Trinajstić information content (AvgIpc) is 1.34. The molecule has 13 nitrogen and oxygen atoms in total. The second kappa shape index (κ2) is 39.1. The number of anilines is 3. The van der Waals surface area contributed by atoms with E-state index in [4.69, 9.17) is 29.7 Å². The van der Waals surface area contributed by atoms with Gasteiger partial charge in [-0.05, 0) is 164 Å². The number of benzene rings is 19. The molecule has 0 N–H and O–H groups in total. The van der Waals surface area contributed by atoms with E-state index in [0.29, 0.717) is 11.5 Å². The number of para-hydroxylation sites is 12. The fraction of sp³-hybridized carbons (Fsp3) is 0.00752. The number of fused-ring (bicyclic) bond motifs is 30. The summed E-state index contributed by atoms with van der Waals surface area (Å²) in [5.41, 5.74) is 21.7. The van der Waals surface area contributed by atoms with E-state index in [1.807, 2.05) is 116 Å². The molecule has 11 aromatic heterocycles. The van der Waals surface area contributed by atoms with Crippen LogP contribution in [-0.2, 0) is 68.6 Å². The third kappa shape index (κ3) is 15.4. The van der Waals surface area contributed by atoms with Crippen LogP contribution in [0.1, 0.15) is 22.3 Å².